The fraction of sp³-hybridized carbons (Fsp3) is 0.182. The predicted octanol–water partition coefficient (Wildman–Crippen LogP) is 1.24. The van der Waals surface area contributed by atoms with E-state index in [0.29, 0.717) is 11.3 Å². The van der Waals surface area contributed by atoms with Gasteiger partial charge in [0.2, 0.25) is 9.05 Å². The van der Waals surface area contributed by atoms with Gasteiger partial charge in [-0.25, -0.2) is 13.2 Å². The Morgan fingerprint density at radius 3 is 2.22 bits per heavy atom. The van der Waals surface area contributed by atoms with E-state index in [9.17, 15) is 13.2 Å². The standard InChI is InChI=1S/C11H11ClN2O3S/c1-13-6-7-14(11(13)15)10-4-2-9(3-5-10)8-18(12,16)17/h2-7H,8H2,1H3. The predicted molar refractivity (Wildman–Crippen MR) is 69.5 cm³/mol. The number of nitrogens with zero attached hydrogens (tertiary/aromatic N) is 2. The number of benzene rings is 1. The molecule has 0 atom stereocenters. The lowest BCUT2D eigenvalue weighted by Gasteiger charge is -2.03. The summed E-state index contributed by atoms with van der Waals surface area (Å²) in [5.74, 6) is -0.224. The van der Waals surface area contributed by atoms with Crippen molar-refractivity contribution in [3.8, 4) is 5.69 Å². The summed E-state index contributed by atoms with van der Waals surface area (Å²) in [5.41, 5.74) is 1.10. The van der Waals surface area contributed by atoms with Crippen molar-refractivity contribution in [3.05, 3.63) is 52.7 Å². The second-order valence-electron chi connectivity index (χ2n) is 3.91. The molecule has 0 aliphatic carbocycles. The third-order valence-corrected chi connectivity index (χ3v) is 3.51. The molecular formula is C11H11ClN2O3S. The monoisotopic (exact) mass is 286 g/mol. The average Bonchev–Trinajstić information content (AvgIpc) is 2.59. The molecule has 0 unspecified atom stereocenters. The van der Waals surface area contributed by atoms with Gasteiger partial charge in [0.25, 0.3) is 0 Å². The average molecular weight is 287 g/mol. The van der Waals surface area contributed by atoms with Crippen molar-refractivity contribution in [2.75, 3.05) is 0 Å². The topological polar surface area (TPSA) is 61.1 Å². The second-order valence-corrected chi connectivity index (χ2v) is 6.69. The largest absolute Gasteiger partial charge is 0.332 e. The van der Waals surface area contributed by atoms with Crippen molar-refractivity contribution in [1.82, 2.24) is 9.13 Å². The first-order valence-electron chi connectivity index (χ1n) is 5.12. The van der Waals surface area contributed by atoms with Crippen molar-refractivity contribution >= 4 is 19.7 Å². The number of hydrogen-bond acceptors (Lipinski definition) is 3. The molecule has 1 aromatic heterocycles. The van der Waals surface area contributed by atoms with Crippen molar-refractivity contribution in [3.63, 3.8) is 0 Å². The van der Waals surface area contributed by atoms with Crippen molar-refractivity contribution in [1.29, 1.82) is 0 Å². The van der Waals surface area contributed by atoms with Crippen LogP contribution < -0.4 is 5.69 Å². The molecule has 1 heterocycles. The summed E-state index contributed by atoms with van der Waals surface area (Å²) in [6, 6.07) is 6.63. The SMILES string of the molecule is Cn1ccn(-c2ccc(CS(=O)(=O)Cl)cc2)c1=O. The van der Waals surface area contributed by atoms with Gasteiger partial charge >= 0.3 is 5.69 Å². The molecule has 0 saturated heterocycles. The number of aromatic nitrogens is 2. The molecule has 5 nitrogen and oxygen atoms in total. The molecule has 0 amide bonds. The summed E-state index contributed by atoms with van der Waals surface area (Å²) >= 11 is 0. The molecule has 0 aliphatic rings. The molecule has 0 fully saturated rings. The maximum absolute atomic E-state index is 11.7. The molecule has 0 saturated carbocycles. The van der Waals surface area contributed by atoms with Crippen LogP contribution in [0.1, 0.15) is 5.56 Å². The van der Waals surface area contributed by atoms with Gasteiger partial charge < -0.3 is 4.57 Å². The van der Waals surface area contributed by atoms with Crippen LogP contribution >= 0.6 is 10.7 Å². The molecule has 0 N–H and O–H groups in total. The first-order chi connectivity index (χ1) is 8.37. The van der Waals surface area contributed by atoms with E-state index < -0.39 is 9.05 Å². The number of imidazole rings is 1. The molecular weight excluding hydrogens is 276 g/mol. The molecule has 18 heavy (non-hydrogen) atoms. The van der Waals surface area contributed by atoms with E-state index in [4.69, 9.17) is 10.7 Å². The van der Waals surface area contributed by atoms with Gasteiger partial charge in [-0.3, -0.25) is 4.57 Å². The van der Waals surface area contributed by atoms with Crippen LogP contribution in [0.3, 0.4) is 0 Å². The lowest BCUT2D eigenvalue weighted by molar-refractivity contribution is 0.609. The minimum atomic E-state index is -3.56. The Bertz CT molecular complexity index is 713. The summed E-state index contributed by atoms with van der Waals surface area (Å²) < 4.78 is 24.8. The fourth-order valence-corrected chi connectivity index (χ4v) is 2.58. The zero-order valence-corrected chi connectivity index (χ0v) is 11.1. The molecule has 7 heteroatoms. The van der Waals surface area contributed by atoms with E-state index in [1.165, 1.54) is 9.13 Å². The van der Waals surface area contributed by atoms with Crippen LogP contribution in [0.15, 0.2) is 41.5 Å². The second kappa shape index (κ2) is 4.62. The van der Waals surface area contributed by atoms with Crippen LogP contribution in [0.5, 0.6) is 0 Å². The van der Waals surface area contributed by atoms with E-state index in [2.05, 4.69) is 0 Å². The van der Waals surface area contributed by atoms with Crippen LogP contribution in [0.2, 0.25) is 0 Å². The maximum Gasteiger partial charge on any atom is 0.332 e. The third-order valence-electron chi connectivity index (χ3n) is 2.50. The van der Waals surface area contributed by atoms with Gasteiger partial charge in [-0.05, 0) is 17.7 Å². The van der Waals surface area contributed by atoms with Gasteiger partial charge in [-0.15, -0.1) is 0 Å². The first kappa shape index (κ1) is 12.9. The van der Waals surface area contributed by atoms with Crippen LogP contribution in [0.4, 0.5) is 0 Å². The van der Waals surface area contributed by atoms with E-state index in [-0.39, 0.29) is 11.4 Å². The number of rotatable bonds is 3. The summed E-state index contributed by atoms with van der Waals surface area (Å²) in [6.07, 6.45) is 3.30. The fourth-order valence-electron chi connectivity index (χ4n) is 1.61. The molecule has 0 aliphatic heterocycles. The van der Waals surface area contributed by atoms with E-state index >= 15 is 0 Å². The normalized spacial score (nSPS) is 11.7. The Kier molecular flexibility index (Phi) is 3.32. The Hall–Kier alpha value is -1.53. The van der Waals surface area contributed by atoms with Crippen molar-refractivity contribution in [2.45, 2.75) is 5.75 Å². The van der Waals surface area contributed by atoms with Crippen LogP contribution in [-0.2, 0) is 21.9 Å². The Labute approximate surface area is 109 Å². The molecule has 2 aromatic rings. The highest BCUT2D eigenvalue weighted by Gasteiger charge is 2.08. The minimum absolute atomic E-state index is 0.160. The van der Waals surface area contributed by atoms with Crippen LogP contribution in [0, 0.1) is 0 Å². The summed E-state index contributed by atoms with van der Waals surface area (Å²) in [7, 11) is 3.27. The summed E-state index contributed by atoms with van der Waals surface area (Å²) in [4.78, 5) is 11.7. The highest BCUT2D eigenvalue weighted by molar-refractivity contribution is 8.13. The van der Waals surface area contributed by atoms with E-state index in [1.54, 1.807) is 43.7 Å². The smallest absolute Gasteiger partial charge is 0.302 e. The Morgan fingerprint density at radius 1 is 1.17 bits per heavy atom. The number of hydrogen-bond donors (Lipinski definition) is 0. The molecule has 96 valence electrons. The minimum Gasteiger partial charge on any atom is -0.302 e. The highest BCUT2D eigenvalue weighted by Crippen LogP contribution is 2.12. The van der Waals surface area contributed by atoms with Crippen molar-refractivity contribution in [2.24, 2.45) is 7.05 Å². The highest BCUT2D eigenvalue weighted by atomic mass is 35.7. The van der Waals surface area contributed by atoms with Crippen LogP contribution in [0.25, 0.3) is 5.69 Å². The lowest BCUT2D eigenvalue weighted by Crippen LogP contribution is -2.20. The Morgan fingerprint density at radius 2 is 1.78 bits per heavy atom. The summed E-state index contributed by atoms with van der Waals surface area (Å²) in [6.45, 7) is 0. The van der Waals surface area contributed by atoms with E-state index in [0.717, 1.165) is 0 Å². The van der Waals surface area contributed by atoms with Gasteiger partial charge in [0.15, 0.2) is 0 Å². The first-order valence-corrected chi connectivity index (χ1v) is 7.60. The molecule has 0 radical (unpaired) electrons. The van der Waals surface area contributed by atoms with Crippen molar-refractivity contribution < 1.29 is 8.42 Å². The summed E-state index contributed by atoms with van der Waals surface area (Å²) in [5, 5.41) is 0. The van der Waals surface area contributed by atoms with Gasteiger partial charge in [0.05, 0.1) is 11.4 Å². The number of halogens is 1. The van der Waals surface area contributed by atoms with Gasteiger partial charge in [0.1, 0.15) is 0 Å². The zero-order valence-electron chi connectivity index (χ0n) is 9.58. The van der Waals surface area contributed by atoms with Gasteiger partial charge in [0, 0.05) is 30.1 Å². The molecule has 0 bridgehead atoms. The maximum atomic E-state index is 11.7. The van der Waals surface area contributed by atoms with Crippen LogP contribution in [-0.4, -0.2) is 17.6 Å². The van der Waals surface area contributed by atoms with Gasteiger partial charge in [-0.2, -0.15) is 0 Å². The zero-order chi connectivity index (χ0) is 13.3. The molecule has 0 spiro atoms. The quantitative estimate of drug-likeness (QED) is 0.798. The molecule has 1 aromatic carbocycles. The van der Waals surface area contributed by atoms with Gasteiger partial charge in [-0.1, -0.05) is 12.1 Å². The van der Waals surface area contributed by atoms with E-state index in [1.807, 2.05) is 0 Å². The third kappa shape index (κ3) is 2.83. The number of aryl methyl sites for hydroxylation is 1. The lowest BCUT2D eigenvalue weighted by atomic mass is 10.2. The molecule has 2 rings (SSSR count). The Balaban J connectivity index is 2.34.